The number of fused-ring (bicyclic) bond motifs is 1. The molecule has 0 spiro atoms. The summed E-state index contributed by atoms with van der Waals surface area (Å²) in [7, 11) is 0. The van der Waals surface area contributed by atoms with E-state index in [1.807, 2.05) is 30.5 Å². The highest BCUT2D eigenvalue weighted by Gasteiger charge is 1.96. The van der Waals surface area contributed by atoms with Gasteiger partial charge in [0.1, 0.15) is 0 Å². The molecule has 0 unspecified atom stereocenters. The maximum Gasteiger partial charge on any atom is 0.0889 e. The summed E-state index contributed by atoms with van der Waals surface area (Å²) in [6, 6.07) is 7.66. The van der Waals surface area contributed by atoms with E-state index in [1.165, 1.54) is 0 Å². The number of nitrogens with zero attached hydrogens (tertiary/aromatic N) is 2. The van der Waals surface area contributed by atoms with Gasteiger partial charge >= 0.3 is 0 Å². The SMILES string of the molecule is OCc1cc2ccccn2n1. The molecule has 0 saturated carbocycles. The van der Waals surface area contributed by atoms with Gasteiger partial charge < -0.3 is 5.11 Å². The van der Waals surface area contributed by atoms with Crippen LogP contribution in [0.1, 0.15) is 5.69 Å². The zero-order valence-corrected chi connectivity index (χ0v) is 5.94. The van der Waals surface area contributed by atoms with Crippen LogP contribution >= 0.6 is 0 Å². The van der Waals surface area contributed by atoms with E-state index in [-0.39, 0.29) is 6.61 Å². The van der Waals surface area contributed by atoms with E-state index in [4.69, 9.17) is 5.11 Å². The van der Waals surface area contributed by atoms with Crippen LogP contribution in [-0.4, -0.2) is 14.7 Å². The summed E-state index contributed by atoms with van der Waals surface area (Å²) < 4.78 is 1.74. The zero-order valence-electron chi connectivity index (χ0n) is 5.94. The van der Waals surface area contributed by atoms with Crippen molar-refractivity contribution in [2.24, 2.45) is 0 Å². The normalized spacial score (nSPS) is 10.6. The van der Waals surface area contributed by atoms with Gasteiger partial charge in [0.15, 0.2) is 0 Å². The molecule has 0 aliphatic heterocycles. The molecule has 1 N–H and O–H groups in total. The Hall–Kier alpha value is -1.35. The Morgan fingerprint density at radius 2 is 2.36 bits per heavy atom. The third-order valence-corrected chi connectivity index (χ3v) is 1.58. The molecule has 0 bridgehead atoms. The molecule has 2 aromatic rings. The van der Waals surface area contributed by atoms with Crippen molar-refractivity contribution in [3.63, 3.8) is 0 Å². The number of aliphatic hydroxyl groups excluding tert-OH is 1. The quantitative estimate of drug-likeness (QED) is 0.650. The van der Waals surface area contributed by atoms with Crippen LogP contribution in [-0.2, 0) is 6.61 Å². The molecule has 0 fully saturated rings. The van der Waals surface area contributed by atoms with E-state index < -0.39 is 0 Å². The zero-order chi connectivity index (χ0) is 7.68. The molecule has 0 atom stereocenters. The van der Waals surface area contributed by atoms with Crippen molar-refractivity contribution in [2.75, 3.05) is 0 Å². The fourth-order valence-electron chi connectivity index (χ4n) is 1.07. The van der Waals surface area contributed by atoms with Crippen molar-refractivity contribution < 1.29 is 5.11 Å². The van der Waals surface area contributed by atoms with Gasteiger partial charge in [0.2, 0.25) is 0 Å². The molecule has 2 rings (SSSR count). The minimum Gasteiger partial charge on any atom is -0.390 e. The number of hydrogen-bond donors (Lipinski definition) is 1. The van der Waals surface area contributed by atoms with E-state index in [2.05, 4.69) is 5.10 Å². The first-order chi connectivity index (χ1) is 5.40. The van der Waals surface area contributed by atoms with Gasteiger partial charge in [-0.25, -0.2) is 4.52 Å². The van der Waals surface area contributed by atoms with E-state index in [0.29, 0.717) is 5.69 Å². The monoisotopic (exact) mass is 148 g/mol. The second kappa shape index (κ2) is 2.36. The standard InChI is InChI=1S/C8H8N2O/c11-6-7-5-8-3-1-2-4-10(8)9-7/h1-5,11H,6H2. The highest BCUT2D eigenvalue weighted by atomic mass is 16.3. The van der Waals surface area contributed by atoms with Crippen LogP contribution in [0.4, 0.5) is 0 Å². The van der Waals surface area contributed by atoms with E-state index in [1.54, 1.807) is 4.52 Å². The van der Waals surface area contributed by atoms with Crippen LogP contribution in [0.25, 0.3) is 5.52 Å². The molecule has 0 aliphatic rings. The lowest BCUT2D eigenvalue weighted by atomic mass is 10.4. The van der Waals surface area contributed by atoms with Crippen molar-refractivity contribution in [1.82, 2.24) is 9.61 Å². The summed E-state index contributed by atoms with van der Waals surface area (Å²) in [5, 5.41) is 12.9. The Morgan fingerprint density at radius 3 is 3.09 bits per heavy atom. The lowest BCUT2D eigenvalue weighted by Gasteiger charge is -1.87. The van der Waals surface area contributed by atoms with Crippen LogP contribution in [0.3, 0.4) is 0 Å². The van der Waals surface area contributed by atoms with Gasteiger partial charge in [0, 0.05) is 6.20 Å². The summed E-state index contributed by atoms with van der Waals surface area (Å²) in [6.07, 6.45) is 1.86. The molecule has 0 aromatic carbocycles. The molecule has 0 amide bonds. The second-order valence-electron chi connectivity index (χ2n) is 2.36. The number of aliphatic hydroxyl groups is 1. The molecule has 0 saturated heterocycles. The summed E-state index contributed by atoms with van der Waals surface area (Å²) in [6.45, 7) is 0.00167. The second-order valence-corrected chi connectivity index (χ2v) is 2.36. The van der Waals surface area contributed by atoms with Crippen molar-refractivity contribution in [3.05, 3.63) is 36.2 Å². The first-order valence-electron chi connectivity index (χ1n) is 3.44. The Balaban J connectivity index is 2.69. The van der Waals surface area contributed by atoms with Crippen molar-refractivity contribution >= 4 is 5.52 Å². The fourth-order valence-corrected chi connectivity index (χ4v) is 1.07. The maximum atomic E-state index is 8.76. The van der Waals surface area contributed by atoms with Crippen molar-refractivity contribution in [1.29, 1.82) is 0 Å². The topological polar surface area (TPSA) is 37.5 Å². The van der Waals surface area contributed by atoms with Crippen LogP contribution in [0.15, 0.2) is 30.5 Å². The third kappa shape index (κ3) is 0.991. The number of aromatic nitrogens is 2. The summed E-state index contributed by atoms with van der Waals surface area (Å²) in [4.78, 5) is 0. The van der Waals surface area contributed by atoms with Gasteiger partial charge in [-0.15, -0.1) is 0 Å². The molecule has 0 aliphatic carbocycles. The van der Waals surface area contributed by atoms with Crippen LogP contribution in [0.2, 0.25) is 0 Å². The lowest BCUT2D eigenvalue weighted by Crippen LogP contribution is -1.86. The lowest BCUT2D eigenvalue weighted by molar-refractivity contribution is 0.276. The van der Waals surface area contributed by atoms with Crippen molar-refractivity contribution in [2.45, 2.75) is 6.61 Å². The van der Waals surface area contributed by atoms with Gasteiger partial charge in [-0.05, 0) is 18.2 Å². The van der Waals surface area contributed by atoms with Crippen LogP contribution in [0, 0.1) is 0 Å². The molecule has 3 nitrogen and oxygen atoms in total. The van der Waals surface area contributed by atoms with Gasteiger partial charge in [0.05, 0.1) is 17.8 Å². The molecule has 2 heterocycles. The Labute approximate surface area is 63.9 Å². The fraction of sp³-hybridized carbons (Fsp3) is 0.125. The van der Waals surface area contributed by atoms with Gasteiger partial charge in [-0.3, -0.25) is 0 Å². The predicted molar refractivity (Wildman–Crippen MR) is 41.1 cm³/mol. The molecule has 3 heteroatoms. The van der Waals surface area contributed by atoms with Crippen LogP contribution in [0.5, 0.6) is 0 Å². The largest absolute Gasteiger partial charge is 0.390 e. The molecule has 11 heavy (non-hydrogen) atoms. The summed E-state index contributed by atoms with van der Waals surface area (Å²) in [5.74, 6) is 0. The average molecular weight is 148 g/mol. The number of rotatable bonds is 1. The smallest absolute Gasteiger partial charge is 0.0889 e. The Morgan fingerprint density at radius 1 is 1.45 bits per heavy atom. The van der Waals surface area contributed by atoms with Crippen molar-refractivity contribution in [3.8, 4) is 0 Å². The molecular weight excluding hydrogens is 140 g/mol. The highest BCUT2D eigenvalue weighted by Crippen LogP contribution is 2.04. The molecule has 56 valence electrons. The molecule has 2 aromatic heterocycles. The minimum absolute atomic E-state index is 0.00167. The average Bonchev–Trinajstić information content (AvgIpc) is 2.46. The van der Waals surface area contributed by atoms with Gasteiger partial charge in [0.25, 0.3) is 0 Å². The Bertz CT molecular complexity index is 334. The van der Waals surface area contributed by atoms with Gasteiger partial charge in [-0.1, -0.05) is 6.07 Å². The first-order valence-corrected chi connectivity index (χ1v) is 3.44. The molecule has 0 radical (unpaired) electrons. The van der Waals surface area contributed by atoms with E-state index in [0.717, 1.165) is 5.52 Å². The van der Waals surface area contributed by atoms with Gasteiger partial charge in [-0.2, -0.15) is 5.10 Å². The minimum atomic E-state index is 0.00167. The highest BCUT2D eigenvalue weighted by molar-refractivity contribution is 5.46. The summed E-state index contributed by atoms with van der Waals surface area (Å²) in [5.41, 5.74) is 1.72. The first kappa shape index (κ1) is 6.37. The number of hydrogen-bond acceptors (Lipinski definition) is 2. The molecular formula is C8H8N2O. The van der Waals surface area contributed by atoms with E-state index >= 15 is 0 Å². The van der Waals surface area contributed by atoms with Crippen LogP contribution < -0.4 is 0 Å². The Kier molecular flexibility index (Phi) is 1.36. The van der Waals surface area contributed by atoms with E-state index in [9.17, 15) is 0 Å². The summed E-state index contributed by atoms with van der Waals surface area (Å²) >= 11 is 0. The predicted octanol–water partition coefficient (Wildman–Crippen LogP) is 0.827. The third-order valence-electron chi connectivity index (χ3n) is 1.58. The maximum absolute atomic E-state index is 8.76. The number of pyridine rings is 1.